The van der Waals surface area contributed by atoms with Gasteiger partial charge in [-0.15, -0.1) is 11.8 Å². The summed E-state index contributed by atoms with van der Waals surface area (Å²) in [6.45, 7) is 7.35. The lowest BCUT2D eigenvalue weighted by atomic mass is 10.1. The molecule has 1 aromatic rings. The van der Waals surface area contributed by atoms with Gasteiger partial charge in [-0.1, -0.05) is 44.3 Å². The summed E-state index contributed by atoms with van der Waals surface area (Å²) in [6.07, 6.45) is 0. The number of thioether (sulfide) groups is 1. The Kier molecular flexibility index (Phi) is 7.32. The second-order valence-corrected chi connectivity index (χ2v) is 6.00. The third-order valence-electron chi connectivity index (χ3n) is 2.88. The summed E-state index contributed by atoms with van der Waals surface area (Å²) in [5.74, 6) is 1.39. The zero-order chi connectivity index (χ0) is 13.4. The first-order valence-electron chi connectivity index (χ1n) is 6.33. The summed E-state index contributed by atoms with van der Waals surface area (Å²) < 4.78 is 0. The Balaban J connectivity index is 2.29. The predicted octanol–water partition coefficient (Wildman–Crippen LogP) is 3.02. The second-order valence-electron chi connectivity index (χ2n) is 4.36. The maximum atomic E-state index is 5.66. The van der Waals surface area contributed by atoms with Crippen molar-refractivity contribution in [2.45, 2.75) is 18.7 Å². The molecule has 0 fully saturated rings. The van der Waals surface area contributed by atoms with E-state index in [1.165, 1.54) is 4.90 Å². The van der Waals surface area contributed by atoms with Crippen LogP contribution in [0.4, 0.5) is 0 Å². The van der Waals surface area contributed by atoms with E-state index in [0.29, 0.717) is 10.9 Å². The minimum atomic E-state index is 0.293. The number of nitrogens with two attached hydrogens (primary N) is 1. The summed E-state index contributed by atoms with van der Waals surface area (Å²) in [5.41, 5.74) is 5.66. The number of nitrogens with zero attached hydrogens (tertiary/aromatic N) is 1. The number of benzene rings is 1. The zero-order valence-corrected chi connectivity index (χ0v) is 12.8. The summed E-state index contributed by atoms with van der Waals surface area (Å²) in [6, 6.07) is 10.5. The molecule has 100 valence electrons. The highest BCUT2D eigenvalue weighted by Gasteiger charge is 2.10. The first-order chi connectivity index (χ1) is 8.63. The molecule has 1 rings (SSSR count). The van der Waals surface area contributed by atoms with Gasteiger partial charge in [0.15, 0.2) is 0 Å². The summed E-state index contributed by atoms with van der Waals surface area (Å²) in [5, 5.41) is 0. The highest BCUT2D eigenvalue weighted by molar-refractivity contribution is 7.99. The lowest BCUT2D eigenvalue weighted by molar-refractivity contribution is 0.289. The number of hydrogen-bond donors (Lipinski definition) is 1. The van der Waals surface area contributed by atoms with Gasteiger partial charge in [0.1, 0.15) is 0 Å². The molecule has 2 nitrogen and oxygen atoms in total. The van der Waals surface area contributed by atoms with Crippen molar-refractivity contribution in [3.8, 4) is 0 Å². The third kappa shape index (κ3) is 5.85. The normalized spacial score (nSPS) is 12.6. The van der Waals surface area contributed by atoms with Gasteiger partial charge < -0.3 is 10.6 Å². The molecule has 0 heterocycles. The van der Waals surface area contributed by atoms with Crippen molar-refractivity contribution < 1.29 is 0 Å². The van der Waals surface area contributed by atoms with Crippen LogP contribution in [0.1, 0.15) is 13.8 Å². The maximum absolute atomic E-state index is 5.66. The Labute approximate surface area is 120 Å². The van der Waals surface area contributed by atoms with Crippen LogP contribution in [0, 0.1) is 5.92 Å². The van der Waals surface area contributed by atoms with E-state index in [-0.39, 0.29) is 0 Å². The molecule has 1 aromatic carbocycles. The second kappa shape index (κ2) is 8.51. The van der Waals surface area contributed by atoms with Crippen LogP contribution in [0.15, 0.2) is 35.2 Å². The zero-order valence-electron chi connectivity index (χ0n) is 11.1. The van der Waals surface area contributed by atoms with Gasteiger partial charge in [0.05, 0.1) is 4.99 Å². The number of rotatable bonds is 8. The fraction of sp³-hybridized carbons (Fsp3) is 0.500. The lowest BCUT2D eigenvalue weighted by Crippen LogP contribution is -2.35. The van der Waals surface area contributed by atoms with Crippen molar-refractivity contribution in [2.75, 3.05) is 25.4 Å². The van der Waals surface area contributed by atoms with E-state index < -0.39 is 0 Å². The molecule has 2 N–H and O–H groups in total. The van der Waals surface area contributed by atoms with Crippen LogP contribution in [0.25, 0.3) is 0 Å². The molecule has 0 saturated heterocycles. The molecule has 0 aromatic heterocycles. The Hall–Kier alpha value is -0.580. The number of hydrogen-bond acceptors (Lipinski definition) is 3. The van der Waals surface area contributed by atoms with Gasteiger partial charge in [0.2, 0.25) is 0 Å². The van der Waals surface area contributed by atoms with Crippen molar-refractivity contribution in [1.82, 2.24) is 4.90 Å². The molecule has 0 aliphatic heterocycles. The molecule has 0 radical (unpaired) electrons. The molecular weight excluding hydrogens is 260 g/mol. The van der Waals surface area contributed by atoms with Crippen LogP contribution in [-0.4, -0.2) is 35.3 Å². The van der Waals surface area contributed by atoms with Crippen molar-refractivity contribution in [3.05, 3.63) is 30.3 Å². The van der Waals surface area contributed by atoms with Crippen molar-refractivity contribution in [3.63, 3.8) is 0 Å². The van der Waals surface area contributed by atoms with Crippen LogP contribution < -0.4 is 5.73 Å². The number of thiocarbonyl (C=S) groups is 1. The van der Waals surface area contributed by atoms with Gasteiger partial charge in [-0.25, -0.2) is 0 Å². The monoisotopic (exact) mass is 282 g/mol. The quantitative estimate of drug-likeness (QED) is 0.586. The molecule has 18 heavy (non-hydrogen) atoms. The molecule has 1 atom stereocenters. The first kappa shape index (κ1) is 15.5. The van der Waals surface area contributed by atoms with Crippen LogP contribution in [0.3, 0.4) is 0 Å². The van der Waals surface area contributed by atoms with Gasteiger partial charge in [-0.05, 0) is 18.7 Å². The Morgan fingerprint density at radius 1 is 1.39 bits per heavy atom. The predicted molar refractivity (Wildman–Crippen MR) is 85.2 cm³/mol. The molecule has 0 amide bonds. The third-order valence-corrected chi connectivity index (χ3v) is 4.28. The van der Waals surface area contributed by atoms with Crippen LogP contribution >= 0.6 is 24.0 Å². The van der Waals surface area contributed by atoms with Gasteiger partial charge in [0, 0.05) is 29.7 Å². The Morgan fingerprint density at radius 2 is 2.06 bits per heavy atom. The minimum absolute atomic E-state index is 0.293. The van der Waals surface area contributed by atoms with E-state index in [0.717, 1.165) is 25.4 Å². The molecule has 0 aliphatic carbocycles. The molecule has 0 aliphatic rings. The average Bonchev–Trinajstić information content (AvgIpc) is 2.38. The van der Waals surface area contributed by atoms with E-state index in [4.69, 9.17) is 18.0 Å². The van der Waals surface area contributed by atoms with E-state index in [1.807, 2.05) is 17.8 Å². The van der Waals surface area contributed by atoms with Crippen LogP contribution in [0.5, 0.6) is 0 Å². The Morgan fingerprint density at radius 3 is 2.61 bits per heavy atom. The maximum Gasteiger partial charge on any atom is 0.0768 e. The average molecular weight is 282 g/mol. The van der Waals surface area contributed by atoms with Crippen LogP contribution in [-0.2, 0) is 0 Å². The largest absolute Gasteiger partial charge is 0.393 e. The minimum Gasteiger partial charge on any atom is -0.393 e. The molecule has 0 spiro atoms. The standard InChI is InChI=1S/C14H22N2S2/c1-3-16(11-12(2)14(15)17)9-10-18-13-7-5-4-6-8-13/h4-8,12H,3,9-11H2,1-2H3,(H2,15,17). The van der Waals surface area contributed by atoms with Gasteiger partial charge in [-0.3, -0.25) is 0 Å². The topological polar surface area (TPSA) is 29.3 Å². The van der Waals surface area contributed by atoms with Crippen LogP contribution in [0.2, 0.25) is 0 Å². The fourth-order valence-corrected chi connectivity index (χ4v) is 2.67. The SMILES string of the molecule is CCN(CCSc1ccccc1)CC(C)C(N)=S. The van der Waals surface area contributed by atoms with Crippen molar-refractivity contribution in [2.24, 2.45) is 11.7 Å². The lowest BCUT2D eigenvalue weighted by Gasteiger charge is -2.23. The van der Waals surface area contributed by atoms with Crippen molar-refractivity contribution >= 4 is 29.0 Å². The molecule has 1 unspecified atom stereocenters. The van der Waals surface area contributed by atoms with Gasteiger partial charge in [-0.2, -0.15) is 0 Å². The summed E-state index contributed by atoms with van der Waals surface area (Å²) in [7, 11) is 0. The van der Waals surface area contributed by atoms with E-state index in [2.05, 4.69) is 43.0 Å². The van der Waals surface area contributed by atoms with Gasteiger partial charge >= 0.3 is 0 Å². The van der Waals surface area contributed by atoms with E-state index in [1.54, 1.807) is 0 Å². The van der Waals surface area contributed by atoms with Crippen molar-refractivity contribution in [1.29, 1.82) is 0 Å². The fourth-order valence-electron chi connectivity index (χ4n) is 1.67. The van der Waals surface area contributed by atoms with E-state index >= 15 is 0 Å². The summed E-state index contributed by atoms with van der Waals surface area (Å²) >= 11 is 6.91. The highest BCUT2D eigenvalue weighted by Crippen LogP contribution is 2.17. The van der Waals surface area contributed by atoms with Gasteiger partial charge in [0.25, 0.3) is 0 Å². The smallest absolute Gasteiger partial charge is 0.0768 e. The Bertz CT molecular complexity index is 354. The molecule has 0 bridgehead atoms. The highest BCUT2D eigenvalue weighted by atomic mass is 32.2. The summed E-state index contributed by atoms with van der Waals surface area (Å²) in [4.78, 5) is 4.35. The molecular formula is C14H22N2S2. The molecule has 0 saturated carbocycles. The first-order valence-corrected chi connectivity index (χ1v) is 7.72. The van der Waals surface area contributed by atoms with E-state index in [9.17, 15) is 0 Å². The molecule has 4 heteroatoms.